The number of benzene rings is 1. The van der Waals surface area contributed by atoms with Crippen molar-refractivity contribution in [3.05, 3.63) is 42.3 Å². The Bertz CT molecular complexity index is 500. The van der Waals surface area contributed by atoms with Gasteiger partial charge in [0.1, 0.15) is 12.0 Å². The molecular formula is C16H22N2O2S. The Balaban J connectivity index is 1.99. The van der Waals surface area contributed by atoms with Gasteiger partial charge in [-0.25, -0.2) is 4.98 Å². The van der Waals surface area contributed by atoms with E-state index in [1.54, 1.807) is 24.2 Å². The van der Waals surface area contributed by atoms with Gasteiger partial charge in [-0.1, -0.05) is 30.8 Å². The summed E-state index contributed by atoms with van der Waals surface area (Å²) < 4.78 is 10.8. The lowest BCUT2D eigenvalue weighted by molar-refractivity contribution is 0.340. The van der Waals surface area contributed by atoms with Crippen LogP contribution in [0.25, 0.3) is 0 Å². The largest absolute Gasteiger partial charge is 0.494 e. The molecule has 0 aliphatic heterocycles. The highest BCUT2D eigenvalue weighted by Gasteiger charge is 2.12. The lowest BCUT2D eigenvalue weighted by Gasteiger charge is -2.18. The third-order valence-corrected chi connectivity index (χ3v) is 3.97. The van der Waals surface area contributed by atoms with Crippen molar-refractivity contribution in [3.8, 4) is 5.75 Å². The number of aromatic nitrogens is 1. The molecule has 0 aliphatic carbocycles. The van der Waals surface area contributed by atoms with Crippen LogP contribution in [-0.2, 0) is 0 Å². The van der Waals surface area contributed by atoms with Gasteiger partial charge in [-0.15, -0.1) is 0 Å². The number of nitrogens with one attached hydrogen (secondary N) is 1. The minimum atomic E-state index is 0.275. The Morgan fingerprint density at radius 1 is 1.29 bits per heavy atom. The van der Waals surface area contributed by atoms with Crippen LogP contribution in [0.1, 0.15) is 31.9 Å². The Kier molecular flexibility index (Phi) is 6.63. The lowest BCUT2D eigenvalue weighted by atomic mass is 10.1. The van der Waals surface area contributed by atoms with Crippen LogP contribution in [0.2, 0.25) is 0 Å². The van der Waals surface area contributed by atoms with Crippen molar-refractivity contribution in [2.24, 2.45) is 0 Å². The van der Waals surface area contributed by atoms with Crippen LogP contribution in [0.4, 0.5) is 0 Å². The summed E-state index contributed by atoms with van der Waals surface area (Å²) in [7, 11) is 0. The van der Waals surface area contributed by atoms with Crippen LogP contribution in [0.3, 0.4) is 0 Å². The molecule has 5 heteroatoms. The van der Waals surface area contributed by atoms with Crippen molar-refractivity contribution in [3.63, 3.8) is 0 Å². The fourth-order valence-electron chi connectivity index (χ4n) is 1.99. The molecule has 4 nitrogen and oxygen atoms in total. The second-order valence-corrected chi connectivity index (χ2v) is 5.59. The summed E-state index contributed by atoms with van der Waals surface area (Å²) in [6, 6.07) is 8.56. The predicted molar refractivity (Wildman–Crippen MR) is 85.9 cm³/mol. The summed E-state index contributed by atoms with van der Waals surface area (Å²) in [6.07, 6.45) is 4.39. The molecule has 1 heterocycles. The highest BCUT2D eigenvalue weighted by atomic mass is 32.2. The molecule has 1 aromatic heterocycles. The number of oxazole rings is 1. The smallest absolute Gasteiger partial charge is 0.255 e. The Hall–Kier alpha value is -1.46. The number of thioether (sulfide) groups is 1. The van der Waals surface area contributed by atoms with Gasteiger partial charge in [0, 0.05) is 11.8 Å². The number of ether oxygens (including phenoxy) is 1. The fraction of sp³-hybridized carbons (Fsp3) is 0.438. The average molecular weight is 306 g/mol. The summed E-state index contributed by atoms with van der Waals surface area (Å²) >= 11 is 1.62. The topological polar surface area (TPSA) is 47.3 Å². The zero-order chi connectivity index (χ0) is 14.9. The summed E-state index contributed by atoms with van der Waals surface area (Å²) in [5, 5.41) is 4.28. The maximum atomic E-state index is 5.49. The van der Waals surface area contributed by atoms with E-state index in [4.69, 9.17) is 9.15 Å². The van der Waals surface area contributed by atoms with Gasteiger partial charge in [-0.3, -0.25) is 0 Å². The quantitative estimate of drug-likeness (QED) is 0.712. The minimum Gasteiger partial charge on any atom is -0.494 e. The molecule has 0 aliphatic rings. The molecule has 0 saturated carbocycles. The van der Waals surface area contributed by atoms with E-state index in [-0.39, 0.29) is 6.04 Å². The molecule has 1 unspecified atom stereocenters. The third kappa shape index (κ3) is 5.10. The van der Waals surface area contributed by atoms with E-state index in [2.05, 4.69) is 29.4 Å². The van der Waals surface area contributed by atoms with Crippen molar-refractivity contribution in [1.29, 1.82) is 0 Å². The van der Waals surface area contributed by atoms with E-state index >= 15 is 0 Å². The predicted octanol–water partition coefficient (Wildman–Crippen LogP) is 3.91. The monoisotopic (exact) mass is 306 g/mol. The molecule has 114 valence electrons. The van der Waals surface area contributed by atoms with Crippen molar-refractivity contribution >= 4 is 11.8 Å². The van der Waals surface area contributed by atoms with Crippen LogP contribution in [0.5, 0.6) is 5.75 Å². The molecule has 1 N–H and O–H groups in total. The summed E-state index contributed by atoms with van der Waals surface area (Å²) in [5.74, 6) is 1.80. The van der Waals surface area contributed by atoms with Crippen molar-refractivity contribution in [2.75, 3.05) is 18.9 Å². The first-order valence-electron chi connectivity index (χ1n) is 7.32. The van der Waals surface area contributed by atoms with Gasteiger partial charge in [-0.2, -0.15) is 0 Å². The average Bonchev–Trinajstić information content (AvgIpc) is 3.02. The number of rotatable bonds is 9. The summed E-state index contributed by atoms with van der Waals surface area (Å²) in [6.45, 7) is 5.84. The number of hydrogen-bond acceptors (Lipinski definition) is 5. The SMILES string of the molecule is CCCNC(CSc1ncco1)c1ccc(OCC)cc1. The molecular weight excluding hydrogens is 284 g/mol. The highest BCUT2D eigenvalue weighted by molar-refractivity contribution is 7.99. The maximum Gasteiger partial charge on any atom is 0.255 e. The molecule has 0 saturated heterocycles. The second-order valence-electron chi connectivity index (χ2n) is 4.62. The zero-order valence-corrected chi connectivity index (χ0v) is 13.4. The standard InChI is InChI=1S/C16H22N2O2S/c1-3-9-17-15(12-21-16-18-10-11-20-16)13-5-7-14(8-6-13)19-4-2/h5-8,10-11,15,17H,3-4,9,12H2,1-2H3. The van der Waals surface area contributed by atoms with Gasteiger partial charge in [0.25, 0.3) is 5.22 Å². The Morgan fingerprint density at radius 3 is 2.71 bits per heavy atom. The third-order valence-electron chi connectivity index (χ3n) is 3.02. The first-order chi connectivity index (χ1) is 10.3. The van der Waals surface area contributed by atoms with Crippen LogP contribution >= 0.6 is 11.8 Å². The van der Waals surface area contributed by atoms with Gasteiger partial charge >= 0.3 is 0 Å². The Morgan fingerprint density at radius 2 is 2.10 bits per heavy atom. The van der Waals surface area contributed by atoms with Crippen LogP contribution in [0.15, 0.2) is 46.4 Å². The molecule has 2 aromatic rings. The number of hydrogen-bond donors (Lipinski definition) is 1. The van der Waals surface area contributed by atoms with Gasteiger partial charge in [-0.05, 0) is 37.6 Å². The first kappa shape index (κ1) is 15.9. The van der Waals surface area contributed by atoms with Crippen LogP contribution in [-0.4, -0.2) is 23.9 Å². The Labute approximate surface area is 130 Å². The van der Waals surface area contributed by atoms with Gasteiger partial charge < -0.3 is 14.5 Å². The molecule has 0 amide bonds. The van der Waals surface area contributed by atoms with E-state index < -0.39 is 0 Å². The lowest BCUT2D eigenvalue weighted by Crippen LogP contribution is -2.24. The van der Waals surface area contributed by atoms with E-state index in [0.29, 0.717) is 11.8 Å². The van der Waals surface area contributed by atoms with Crippen LogP contribution in [0, 0.1) is 0 Å². The van der Waals surface area contributed by atoms with Gasteiger partial charge in [0.05, 0.1) is 12.8 Å². The van der Waals surface area contributed by atoms with Crippen molar-refractivity contribution in [1.82, 2.24) is 10.3 Å². The van der Waals surface area contributed by atoms with Gasteiger partial charge in [0.15, 0.2) is 0 Å². The minimum absolute atomic E-state index is 0.275. The molecule has 0 fully saturated rings. The van der Waals surface area contributed by atoms with E-state index in [1.165, 1.54) is 5.56 Å². The maximum absolute atomic E-state index is 5.49. The molecule has 1 aromatic carbocycles. The molecule has 0 bridgehead atoms. The van der Waals surface area contributed by atoms with Crippen molar-refractivity contribution < 1.29 is 9.15 Å². The molecule has 0 spiro atoms. The molecule has 2 rings (SSSR count). The molecule has 1 atom stereocenters. The van der Waals surface area contributed by atoms with Crippen LogP contribution < -0.4 is 10.1 Å². The van der Waals surface area contributed by atoms with E-state index in [0.717, 1.165) is 24.5 Å². The molecule has 21 heavy (non-hydrogen) atoms. The highest BCUT2D eigenvalue weighted by Crippen LogP contribution is 2.25. The normalized spacial score (nSPS) is 12.3. The summed E-state index contributed by atoms with van der Waals surface area (Å²) in [5.41, 5.74) is 1.26. The fourth-order valence-corrected chi connectivity index (χ4v) is 2.87. The molecule has 0 radical (unpaired) electrons. The van der Waals surface area contributed by atoms with Crippen molar-refractivity contribution in [2.45, 2.75) is 31.5 Å². The second kappa shape index (κ2) is 8.74. The van der Waals surface area contributed by atoms with E-state index in [9.17, 15) is 0 Å². The van der Waals surface area contributed by atoms with E-state index in [1.807, 2.05) is 19.1 Å². The zero-order valence-electron chi connectivity index (χ0n) is 12.5. The summed E-state index contributed by atoms with van der Waals surface area (Å²) in [4.78, 5) is 4.15. The number of nitrogens with zero attached hydrogens (tertiary/aromatic N) is 1. The van der Waals surface area contributed by atoms with Gasteiger partial charge in [0.2, 0.25) is 0 Å². The first-order valence-corrected chi connectivity index (χ1v) is 8.30.